The number of nitrogens with zero attached hydrogens (tertiary/aromatic N) is 1. The van der Waals surface area contributed by atoms with E-state index in [1.807, 2.05) is 48.5 Å². The second-order valence-corrected chi connectivity index (χ2v) is 6.77. The summed E-state index contributed by atoms with van der Waals surface area (Å²) >= 11 is 0. The number of pyridine rings is 1. The number of ether oxygens (including phenoxy) is 3. The molecule has 0 bridgehead atoms. The Morgan fingerprint density at radius 3 is 1.33 bits per heavy atom. The zero-order chi connectivity index (χ0) is 20.9. The summed E-state index contributed by atoms with van der Waals surface area (Å²) in [7, 11) is 4.85. The molecule has 0 radical (unpaired) electrons. The highest BCUT2D eigenvalue weighted by Gasteiger charge is 2.16. The van der Waals surface area contributed by atoms with E-state index in [1.165, 1.54) is 0 Å². The highest BCUT2D eigenvalue weighted by Crippen LogP contribution is 2.42. The molecule has 4 rings (SSSR count). The zero-order valence-electron chi connectivity index (χ0n) is 17.3. The van der Waals surface area contributed by atoms with Crippen LogP contribution in [-0.4, -0.2) is 26.3 Å². The second kappa shape index (κ2) is 8.70. The highest BCUT2D eigenvalue weighted by atomic mass is 16.5. The largest absolute Gasteiger partial charge is 0.493 e. The van der Waals surface area contributed by atoms with Crippen LogP contribution >= 0.6 is 0 Å². The number of hydrogen-bond acceptors (Lipinski definition) is 4. The Morgan fingerprint density at radius 1 is 0.500 bits per heavy atom. The fraction of sp³-hybridized carbons (Fsp3) is 0.115. The van der Waals surface area contributed by atoms with E-state index < -0.39 is 0 Å². The van der Waals surface area contributed by atoms with Crippen LogP contribution in [0.2, 0.25) is 0 Å². The standard InChI is InChI=1S/C26H23NO3/c1-28-24-16-21(17-25(29-2)26(24)30-3)20-14-22(18-10-6-4-7-11-18)27-23(15-20)19-12-8-5-9-13-19/h4-17H,1-3H3. The summed E-state index contributed by atoms with van der Waals surface area (Å²) < 4.78 is 16.6. The van der Waals surface area contributed by atoms with Crippen LogP contribution in [0.1, 0.15) is 0 Å². The van der Waals surface area contributed by atoms with Crippen molar-refractivity contribution in [3.05, 3.63) is 84.9 Å². The van der Waals surface area contributed by atoms with Gasteiger partial charge in [-0.1, -0.05) is 60.7 Å². The third-order valence-electron chi connectivity index (χ3n) is 4.96. The van der Waals surface area contributed by atoms with Crippen molar-refractivity contribution in [1.82, 2.24) is 4.98 Å². The first-order valence-corrected chi connectivity index (χ1v) is 9.67. The van der Waals surface area contributed by atoms with Gasteiger partial charge in [0.2, 0.25) is 5.75 Å². The van der Waals surface area contributed by atoms with Crippen molar-refractivity contribution in [1.29, 1.82) is 0 Å². The van der Waals surface area contributed by atoms with Crippen molar-refractivity contribution in [2.45, 2.75) is 0 Å². The van der Waals surface area contributed by atoms with Gasteiger partial charge in [-0.25, -0.2) is 4.98 Å². The van der Waals surface area contributed by atoms with Crippen LogP contribution in [0.15, 0.2) is 84.9 Å². The van der Waals surface area contributed by atoms with Crippen LogP contribution < -0.4 is 14.2 Å². The van der Waals surface area contributed by atoms with Crippen molar-refractivity contribution in [3.8, 4) is 50.9 Å². The molecule has 0 amide bonds. The monoisotopic (exact) mass is 397 g/mol. The Morgan fingerprint density at radius 2 is 0.933 bits per heavy atom. The van der Waals surface area contributed by atoms with Gasteiger partial charge in [0.15, 0.2) is 11.5 Å². The average molecular weight is 397 g/mol. The lowest BCUT2D eigenvalue weighted by Gasteiger charge is -2.15. The van der Waals surface area contributed by atoms with Crippen LogP contribution in [0, 0.1) is 0 Å². The minimum absolute atomic E-state index is 0.573. The normalized spacial score (nSPS) is 10.5. The van der Waals surface area contributed by atoms with Crippen molar-refractivity contribution in [3.63, 3.8) is 0 Å². The van der Waals surface area contributed by atoms with Gasteiger partial charge in [0.05, 0.1) is 32.7 Å². The molecule has 0 aliphatic rings. The van der Waals surface area contributed by atoms with Gasteiger partial charge in [0.1, 0.15) is 0 Å². The molecule has 0 N–H and O–H groups in total. The summed E-state index contributed by atoms with van der Waals surface area (Å²) in [6, 6.07) is 28.4. The molecule has 1 aromatic heterocycles. The fourth-order valence-corrected chi connectivity index (χ4v) is 3.46. The number of rotatable bonds is 6. The number of hydrogen-bond donors (Lipinski definition) is 0. The Labute approximate surface area is 176 Å². The molecule has 0 spiro atoms. The van der Waals surface area contributed by atoms with Crippen molar-refractivity contribution < 1.29 is 14.2 Å². The molecule has 0 saturated heterocycles. The SMILES string of the molecule is COc1cc(-c2cc(-c3ccccc3)nc(-c3ccccc3)c2)cc(OC)c1OC. The molecule has 150 valence electrons. The third kappa shape index (κ3) is 3.85. The molecule has 0 unspecified atom stereocenters. The number of aromatic nitrogens is 1. The lowest BCUT2D eigenvalue weighted by atomic mass is 9.99. The van der Waals surface area contributed by atoms with Crippen molar-refractivity contribution >= 4 is 0 Å². The number of benzene rings is 3. The maximum absolute atomic E-state index is 5.55. The molecule has 0 aliphatic heterocycles. The van der Waals surface area contributed by atoms with E-state index in [2.05, 4.69) is 36.4 Å². The van der Waals surface area contributed by atoms with Gasteiger partial charge in [-0.2, -0.15) is 0 Å². The van der Waals surface area contributed by atoms with E-state index in [9.17, 15) is 0 Å². The lowest BCUT2D eigenvalue weighted by molar-refractivity contribution is 0.324. The smallest absolute Gasteiger partial charge is 0.203 e. The molecular weight excluding hydrogens is 374 g/mol. The Hall–Kier alpha value is -3.79. The van der Waals surface area contributed by atoms with Crippen LogP contribution in [0.4, 0.5) is 0 Å². The molecule has 30 heavy (non-hydrogen) atoms. The molecule has 0 fully saturated rings. The van der Waals surface area contributed by atoms with Crippen LogP contribution in [0.3, 0.4) is 0 Å². The van der Waals surface area contributed by atoms with Crippen LogP contribution in [0.25, 0.3) is 33.6 Å². The summed E-state index contributed by atoms with van der Waals surface area (Å²) in [6.07, 6.45) is 0. The molecule has 0 aliphatic carbocycles. The van der Waals surface area contributed by atoms with E-state index in [-0.39, 0.29) is 0 Å². The van der Waals surface area contributed by atoms with E-state index in [4.69, 9.17) is 19.2 Å². The van der Waals surface area contributed by atoms with Gasteiger partial charge in [-0.15, -0.1) is 0 Å². The maximum atomic E-state index is 5.55. The highest BCUT2D eigenvalue weighted by molar-refractivity contribution is 5.79. The second-order valence-electron chi connectivity index (χ2n) is 6.77. The van der Waals surface area contributed by atoms with Crippen LogP contribution in [0.5, 0.6) is 17.2 Å². The molecular formula is C26H23NO3. The molecule has 1 heterocycles. The summed E-state index contributed by atoms with van der Waals surface area (Å²) in [4.78, 5) is 4.93. The van der Waals surface area contributed by atoms with Gasteiger partial charge < -0.3 is 14.2 Å². The van der Waals surface area contributed by atoms with Gasteiger partial charge in [-0.05, 0) is 35.4 Å². The molecule has 4 nitrogen and oxygen atoms in total. The Kier molecular flexibility index (Phi) is 5.66. The van der Waals surface area contributed by atoms with E-state index >= 15 is 0 Å². The lowest BCUT2D eigenvalue weighted by Crippen LogP contribution is -1.96. The summed E-state index contributed by atoms with van der Waals surface area (Å²) in [5.74, 6) is 1.81. The summed E-state index contributed by atoms with van der Waals surface area (Å²) in [6.45, 7) is 0. The average Bonchev–Trinajstić information content (AvgIpc) is 2.83. The maximum Gasteiger partial charge on any atom is 0.203 e. The molecule has 4 heteroatoms. The van der Waals surface area contributed by atoms with Crippen molar-refractivity contribution in [2.75, 3.05) is 21.3 Å². The number of methoxy groups -OCH3 is 3. The first-order chi connectivity index (χ1) is 14.7. The predicted molar refractivity (Wildman–Crippen MR) is 120 cm³/mol. The molecule has 0 atom stereocenters. The van der Waals surface area contributed by atoms with Gasteiger partial charge in [0.25, 0.3) is 0 Å². The van der Waals surface area contributed by atoms with Crippen LogP contribution in [-0.2, 0) is 0 Å². The summed E-state index contributed by atoms with van der Waals surface area (Å²) in [5.41, 5.74) is 5.90. The van der Waals surface area contributed by atoms with E-state index in [0.29, 0.717) is 17.2 Å². The topological polar surface area (TPSA) is 40.6 Å². The third-order valence-corrected chi connectivity index (χ3v) is 4.96. The van der Waals surface area contributed by atoms with Gasteiger partial charge in [-0.3, -0.25) is 0 Å². The first kappa shape index (κ1) is 19.5. The van der Waals surface area contributed by atoms with E-state index in [1.54, 1.807) is 21.3 Å². The Bertz CT molecular complexity index is 1060. The fourth-order valence-electron chi connectivity index (χ4n) is 3.46. The zero-order valence-corrected chi connectivity index (χ0v) is 17.3. The van der Waals surface area contributed by atoms with E-state index in [0.717, 1.165) is 33.6 Å². The molecule has 4 aromatic rings. The predicted octanol–water partition coefficient (Wildman–Crippen LogP) is 6.11. The Balaban J connectivity index is 1.94. The minimum Gasteiger partial charge on any atom is -0.493 e. The summed E-state index contributed by atoms with van der Waals surface area (Å²) in [5, 5.41) is 0. The molecule has 0 saturated carbocycles. The quantitative estimate of drug-likeness (QED) is 0.394. The van der Waals surface area contributed by atoms with Gasteiger partial charge >= 0.3 is 0 Å². The van der Waals surface area contributed by atoms with Gasteiger partial charge in [0, 0.05) is 11.1 Å². The minimum atomic E-state index is 0.573. The van der Waals surface area contributed by atoms with Crippen molar-refractivity contribution in [2.24, 2.45) is 0 Å². The first-order valence-electron chi connectivity index (χ1n) is 9.67. The molecule has 3 aromatic carbocycles.